The van der Waals surface area contributed by atoms with E-state index >= 15 is 0 Å². The van der Waals surface area contributed by atoms with Crippen molar-refractivity contribution in [1.82, 2.24) is 4.98 Å². The van der Waals surface area contributed by atoms with Gasteiger partial charge in [-0.05, 0) is 38.3 Å². The van der Waals surface area contributed by atoms with Crippen LogP contribution in [0.15, 0.2) is 40.3 Å². The van der Waals surface area contributed by atoms with Gasteiger partial charge in [-0.2, -0.15) is 0 Å². The summed E-state index contributed by atoms with van der Waals surface area (Å²) >= 11 is 2.96. The molecule has 0 aliphatic rings. The lowest BCUT2D eigenvalue weighted by Crippen LogP contribution is -2.00. The maximum atomic E-state index is 11.5. The first kappa shape index (κ1) is 18.5. The van der Waals surface area contributed by atoms with Crippen molar-refractivity contribution >= 4 is 40.0 Å². The number of Topliss-reactive ketones (excluding diaryl/α,β-unsaturated/α-hetero) is 1. The zero-order chi connectivity index (χ0) is 16.9. The Morgan fingerprint density at radius 1 is 1.41 bits per heavy atom. The fourth-order valence-corrected chi connectivity index (χ4v) is 3.98. The molecule has 0 unspecified atom stereocenters. The van der Waals surface area contributed by atoms with E-state index in [2.05, 4.69) is 38.1 Å². The van der Waals surface area contributed by atoms with Crippen LogP contribution in [0, 0.1) is 0 Å². The number of carbonyl (C=O) groups is 1. The third kappa shape index (κ3) is 4.21. The lowest BCUT2D eigenvalue weighted by Gasteiger charge is -2.03. The zero-order valence-electron chi connectivity index (χ0n) is 13.5. The van der Waals surface area contributed by atoms with Crippen molar-refractivity contribution in [2.45, 2.75) is 38.5 Å². The highest BCUT2D eigenvalue weighted by molar-refractivity contribution is 8.04. The maximum absolute atomic E-state index is 11.5. The third-order valence-corrected chi connectivity index (χ3v) is 5.43. The molecule has 0 saturated heterocycles. The van der Waals surface area contributed by atoms with E-state index in [1.165, 1.54) is 30.5 Å². The molecule has 1 aromatic rings. The molecule has 22 heavy (non-hydrogen) atoms. The van der Waals surface area contributed by atoms with Crippen LogP contribution in [0.1, 0.15) is 44.7 Å². The Morgan fingerprint density at radius 3 is 2.50 bits per heavy atom. The first-order chi connectivity index (χ1) is 10.3. The number of allylic oxidation sites excluding steroid dienone is 4. The van der Waals surface area contributed by atoms with E-state index in [9.17, 15) is 4.79 Å². The number of thioether (sulfide) groups is 1. The van der Waals surface area contributed by atoms with E-state index in [4.69, 9.17) is 5.73 Å². The summed E-state index contributed by atoms with van der Waals surface area (Å²) in [4.78, 5) is 17.9. The molecule has 2 N–H and O–H groups in total. The summed E-state index contributed by atoms with van der Waals surface area (Å²) in [6.07, 6.45) is 4.21. The second kappa shape index (κ2) is 8.15. The molecule has 0 saturated carbocycles. The minimum absolute atomic E-state index is 0.0976. The van der Waals surface area contributed by atoms with Gasteiger partial charge < -0.3 is 5.73 Å². The van der Waals surface area contributed by atoms with Crippen molar-refractivity contribution in [3.8, 4) is 0 Å². The second-order valence-corrected chi connectivity index (χ2v) is 7.09. The molecule has 0 fully saturated rings. The SMILES string of the molecule is C=C(Sc1nc(C(=C)CC)c(/C(C)=C\C)s1)C(=CN)C(C)=O. The van der Waals surface area contributed by atoms with Crippen LogP contribution in [0.5, 0.6) is 0 Å². The molecule has 3 nitrogen and oxygen atoms in total. The molecule has 1 rings (SSSR count). The molecule has 118 valence electrons. The number of carbonyl (C=O) groups excluding carboxylic acids is 1. The quantitative estimate of drug-likeness (QED) is 0.432. The van der Waals surface area contributed by atoms with Crippen LogP contribution < -0.4 is 5.73 Å². The molecule has 0 amide bonds. The number of hydrogen-bond donors (Lipinski definition) is 1. The average Bonchev–Trinajstić information content (AvgIpc) is 2.89. The van der Waals surface area contributed by atoms with Gasteiger partial charge in [0.15, 0.2) is 10.1 Å². The topological polar surface area (TPSA) is 56.0 Å². The number of aromatic nitrogens is 1. The minimum Gasteiger partial charge on any atom is -0.404 e. The van der Waals surface area contributed by atoms with Crippen LogP contribution in [0.25, 0.3) is 11.1 Å². The lowest BCUT2D eigenvalue weighted by atomic mass is 10.1. The van der Waals surface area contributed by atoms with Gasteiger partial charge in [0.25, 0.3) is 0 Å². The monoisotopic (exact) mass is 334 g/mol. The molecule has 1 aromatic heterocycles. The standard InChI is InChI=1S/C17H22N2OS2/c1-7-10(3)15-16(11(4)8-2)22-17(19-15)21-13(6)14(9-18)12(5)20/h8-9H,3,6-7,18H2,1-2,4-5H3/b11-8-,14-9?. The summed E-state index contributed by atoms with van der Waals surface area (Å²) in [6.45, 7) is 15.6. The molecule has 1 heterocycles. The van der Waals surface area contributed by atoms with Crippen LogP contribution in [-0.2, 0) is 4.79 Å². The first-order valence-corrected chi connectivity index (χ1v) is 8.61. The summed E-state index contributed by atoms with van der Waals surface area (Å²) in [6, 6.07) is 0. The van der Waals surface area contributed by atoms with Gasteiger partial charge >= 0.3 is 0 Å². The minimum atomic E-state index is -0.0976. The smallest absolute Gasteiger partial charge is 0.162 e. The molecular formula is C17H22N2OS2. The third-order valence-electron chi connectivity index (χ3n) is 3.22. The summed E-state index contributed by atoms with van der Waals surface area (Å²) < 4.78 is 0.839. The molecule has 0 radical (unpaired) electrons. The Kier molecular flexibility index (Phi) is 6.84. The summed E-state index contributed by atoms with van der Waals surface area (Å²) in [5.74, 6) is -0.0976. The summed E-state index contributed by atoms with van der Waals surface area (Å²) in [7, 11) is 0. The average molecular weight is 335 g/mol. The zero-order valence-corrected chi connectivity index (χ0v) is 15.2. The molecular weight excluding hydrogens is 312 g/mol. The Balaban J connectivity index is 3.18. The number of hydrogen-bond acceptors (Lipinski definition) is 5. The highest BCUT2D eigenvalue weighted by Crippen LogP contribution is 2.39. The van der Waals surface area contributed by atoms with Gasteiger partial charge in [-0.25, -0.2) is 4.98 Å². The van der Waals surface area contributed by atoms with Crippen molar-refractivity contribution < 1.29 is 4.79 Å². The van der Waals surface area contributed by atoms with E-state index in [0.717, 1.165) is 26.9 Å². The predicted molar refractivity (Wildman–Crippen MR) is 98.7 cm³/mol. The predicted octanol–water partition coefficient (Wildman–Crippen LogP) is 5.03. The van der Waals surface area contributed by atoms with Gasteiger partial charge in [0.2, 0.25) is 0 Å². The van der Waals surface area contributed by atoms with E-state index in [1.54, 1.807) is 11.3 Å². The number of ketones is 1. The van der Waals surface area contributed by atoms with Gasteiger partial charge in [-0.15, -0.1) is 11.3 Å². The van der Waals surface area contributed by atoms with Gasteiger partial charge in [-0.1, -0.05) is 37.9 Å². The van der Waals surface area contributed by atoms with Crippen molar-refractivity contribution in [2.24, 2.45) is 5.73 Å². The molecule has 0 aromatic carbocycles. The molecule has 0 aliphatic carbocycles. The van der Waals surface area contributed by atoms with Crippen molar-refractivity contribution in [3.63, 3.8) is 0 Å². The highest BCUT2D eigenvalue weighted by Gasteiger charge is 2.17. The number of nitrogens with two attached hydrogens (primary N) is 1. The fraction of sp³-hybridized carbons (Fsp3) is 0.294. The van der Waals surface area contributed by atoms with E-state index in [0.29, 0.717) is 10.5 Å². The van der Waals surface area contributed by atoms with Crippen LogP contribution in [0.4, 0.5) is 0 Å². The van der Waals surface area contributed by atoms with Crippen molar-refractivity contribution in [1.29, 1.82) is 0 Å². The van der Waals surface area contributed by atoms with Crippen LogP contribution in [0.3, 0.4) is 0 Å². The number of thiazole rings is 1. The van der Waals surface area contributed by atoms with E-state index in [1.807, 2.05) is 6.92 Å². The number of nitrogens with zero attached hydrogens (tertiary/aromatic N) is 1. The van der Waals surface area contributed by atoms with E-state index in [-0.39, 0.29) is 5.78 Å². The molecule has 0 spiro atoms. The second-order valence-electron chi connectivity index (χ2n) is 4.75. The van der Waals surface area contributed by atoms with Crippen LogP contribution in [-0.4, -0.2) is 10.8 Å². The Labute approximate surface area is 140 Å². The Morgan fingerprint density at radius 2 is 2.05 bits per heavy atom. The van der Waals surface area contributed by atoms with Crippen molar-refractivity contribution in [3.05, 3.63) is 46.5 Å². The molecule has 0 atom stereocenters. The van der Waals surface area contributed by atoms with Gasteiger partial charge in [0.1, 0.15) is 0 Å². The normalized spacial score (nSPS) is 12.4. The van der Waals surface area contributed by atoms with E-state index < -0.39 is 0 Å². The van der Waals surface area contributed by atoms with Gasteiger partial charge in [0.05, 0.1) is 10.6 Å². The van der Waals surface area contributed by atoms with Gasteiger partial charge in [0, 0.05) is 16.7 Å². The van der Waals surface area contributed by atoms with Crippen LogP contribution >= 0.6 is 23.1 Å². The number of rotatable bonds is 7. The van der Waals surface area contributed by atoms with Crippen LogP contribution in [0.2, 0.25) is 0 Å². The molecule has 0 bridgehead atoms. The molecule has 0 aliphatic heterocycles. The molecule has 5 heteroatoms. The highest BCUT2D eigenvalue weighted by atomic mass is 32.2. The lowest BCUT2D eigenvalue weighted by molar-refractivity contribution is -0.113. The van der Waals surface area contributed by atoms with Gasteiger partial charge in [-0.3, -0.25) is 4.79 Å². The maximum Gasteiger partial charge on any atom is 0.162 e. The Hall–Kier alpha value is -1.59. The fourth-order valence-electron chi connectivity index (χ4n) is 1.72. The first-order valence-electron chi connectivity index (χ1n) is 6.97. The Bertz CT molecular complexity index is 666. The summed E-state index contributed by atoms with van der Waals surface area (Å²) in [5.41, 5.74) is 9.04. The summed E-state index contributed by atoms with van der Waals surface area (Å²) in [5, 5.41) is 0. The van der Waals surface area contributed by atoms with Crippen molar-refractivity contribution in [2.75, 3.05) is 0 Å². The largest absolute Gasteiger partial charge is 0.404 e.